The summed E-state index contributed by atoms with van der Waals surface area (Å²) in [6.07, 6.45) is 0.707. The summed E-state index contributed by atoms with van der Waals surface area (Å²) in [5.41, 5.74) is 0. The molecule has 1 N–H and O–H groups in total. The summed E-state index contributed by atoms with van der Waals surface area (Å²) >= 11 is 39.1. The van der Waals surface area contributed by atoms with Crippen LogP contribution in [0.2, 0.25) is 0 Å². The average molecular weight is 424 g/mol. The van der Waals surface area contributed by atoms with Gasteiger partial charge in [-0.2, -0.15) is 0 Å². The van der Waals surface area contributed by atoms with Crippen LogP contribution in [-0.2, 0) is 9.59 Å². The zero-order valence-corrected chi connectivity index (χ0v) is 15.3. The molecule has 9 heteroatoms. The highest BCUT2D eigenvalue weighted by Crippen LogP contribution is 2.78. The first-order chi connectivity index (χ1) is 10.1. The maximum absolute atomic E-state index is 12.0. The number of alkyl halides is 4. The van der Waals surface area contributed by atoms with E-state index in [1.54, 1.807) is 0 Å². The second-order valence-electron chi connectivity index (χ2n) is 6.38. The molecule has 0 spiro atoms. The third-order valence-corrected chi connectivity index (χ3v) is 10.0. The van der Waals surface area contributed by atoms with E-state index >= 15 is 0 Å². The van der Waals surface area contributed by atoms with E-state index in [1.807, 2.05) is 0 Å². The van der Waals surface area contributed by atoms with Crippen LogP contribution in [0.5, 0.6) is 0 Å². The third kappa shape index (κ3) is 1.43. The molecule has 0 aromatic carbocycles. The predicted octanol–water partition coefficient (Wildman–Crippen LogP) is 3.75. The molecule has 3 nitrogen and oxygen atoms in total. The highest BCUT2D eigenvalue weighted by Gasteiger charge is 2.83. The molecule has 4 rings (SSSR count). The van der Waals surface area contributed by atoms with Gasteiger partial charge in [0.15, 0.2) is 4.33 Å². The number of hydrogen-bond donors (Lipinski definition) is 1. The Hall–Kier alpha value is 0.620. The Morgan fingerprint density at radius 3 is 1.55 bits per heavy atom. The second-order valence-corrected chi connectivity index (χ2v) is 9.65. The van der Waals surface area contributed by atoms with Crippen molar-refractivity contribution in [3.05, 3.63) is 10.1 Å². The van der Waals surface area contributed by atoms with Gasteiger partial charge in [0.1, 0.15) is 9.75 Å². The van der Waals surface area contributed by atoms with Gasteiger partial charge in [0.25, 0.3) is 0 Å². The number of carbonyl (C=O) groups is 2. The lowest BCUT2D eigenvalue weighted by molar-refractivity contribution is -0.126. The Morgan fingerprint density at radius 2 is 1.18 bits per heavy atom. The Balaban J connectivity index is 1.87. The van der Waals surface area contributed by atoms with Gasteiger partial charge in [0, 0.05) is 0 Å². The summed E-state index contributed by atoms with van der Waals surface area (Å²) in [6.45, 7) is 0. The molecule has 6 unspecified atom stereocenters. The average Bonchev–Trinajstić information content (AvgIpc) is 2.85. The van der Waals surface area contributed by atoms with Gasteiger partial charge in [-0.3, -0.25) is 14.9 Å². The van der Waals surface area contributed by atoms with Crippen molar-refractivity contribution in [3.63, 3.8) is 0 Å². The SMILES string of the molecule is O=C1NC(=O)C2CC3C(CC12)C1(Cl)C(Cl)=C(Cl)C3(Cl)C1(Cl)Cl. The fraction of sp³-hybridized carbons (Fsp3) is 0.692. The molecule has 1 heterocycles. The van der Waals surface area contributed by atoms with Crippen molar-refractivity contribution in [1.82, 2.24) is 5.32 Å². The van der Waals surface area contributed by atoms with Crippen molar-refractivity contribution in [2.45, 2.75) is 26.9 Å². The molecule has 6 atom stereocenters. The van der Waals surface area contributed by atoms with Crippen molar-refractivity contribution in [3.8, 4) is 0 Å². The number of allylic oxidation sites excluding steroid dienone is 2. The van der Waals surface area contributed by atoms with Crippen LogP contribution in [0.15, 0.2) is 10.1 Å². The molecule has 0 aromatic heterocycles. The van der Waals surface area contributed by atoms with Crippen LogP contribution in [0, 0.1) is 23.7 Å². The first-order valence-corrected chi connectivity index (χ1v) is 9.01. The van der Waals surface area contributed by atoms with Gasteiger partial charge in [-0.15, -0.1) is 23.2 Å². The Bertz CT molecular complexity index is 611. The third-order valence-electron chi connectivity index (χ3n) is 5.67. The molecule has 2 saturated carbocycles. The van der Waals surface area contributed by atoms with Crippen LogP contribution in [0.3, 0.4) is 0 Å². The molecule has 22 heavy (non-hydrogen) atoms. The van der Waals surface area contributed by atoms with E-state index in [1.165, 1.54) is 0 Å². The summed E-state index contributed by atoms with van der Waals surface area (Å²) < 4.78 is -1.61. The molecule has 2 amide bonds. The van der Waals surface area contributed by atoms with E-state index in [4.69, 9.17) is 69.6 Å². The van der Waals surface area contributed by atoms with Crippen LogP contribution >= 0.6 is 69.6 Å². The second kappa shape index (κ2) is 4.42. The highest BCUT2D eigenvalue weighted by molar-refractivity contribution is 6.65. The van der Waals surface area contributed by atoms with Gasteiger partial charge in [-0.1, -0.05) is 46.4 Å². The molecule has 3 fully saturated rings. The topological polar surface area (TPSA) is 46.2 Å². The molecule has 0 aromatic rings. The van der Waals surface area contributed by atoms with E-state index in [-0.39, 0.29) is 33.7 Å². The molecule has 4 aliphatic rings. The van der Waals surface area contributed by atoms with E-state index in [2.05, 4.69) is 5.32 Å². The first kappa shape index (κ1) is 16.1. The molecule has 1 saturated heterocycles. The summed E-state index contributed by atoms with van der Waals surface area (Å²) in [5, 5.41) is 2.64. The van der Waals surface area contributed by atoms with Crippen molar-refractivity contribution in [1.29, 1.82) is 0 Å². The van der Waals surface area contributed by atoms with Crippen molar-refractivity contribution in [2.75, 3.05) is 0 Å². The Labute approximate surface area is 156 Å². The fourth-order valence-corrected chi connectivity index (χ4v) is 7.73. The van der Waals surface area contributed by atoms with E-state index in [0.29, 0.717) is 12.8 Å². The maximum atomic E-state index is 12.0. The Kier molecular flexibility index (Phi) is 3.23. The van der Waals surface area contributed by atoms with Crippen LogP contribution in [0.25, 0.3) is 0 Å². The Morgan fingerprint density at radius 1 is 0.818 bits per heavy atom. The number of amides is 2. The molecule has 0 radical (unpaired) electrons. The van der Waals surface area contributed by atoms with Crippen LogP contribution in [-0.4, -0.2) is 25.9 Å². The maximum Gasteiger partial charge on any atom is 0.230 e. The van der Waals surface area contributed by atoms with Gasteiger partial charge >= 0.3 is 0 Å². The molecular formula is C13H9Cl6NO2. The largest absolute Gasteiger partial charge is 0.296 e. The monoisotopic (exact) mass is 421 g/mol. The minimum absolute atomic E-state index is 0.139. The number of halogens is 6. The summed E-state index contributed by atoms with van der Waals surface area (Å²) in [4.78, 5) is 21.2. The highest BCUT2D eigenvalue weighted by atomic mass is 35.5. The van der Waals surface area contributed by atoms with Crippen molar-refractivity contribution in [2.24, 2.45) is 23.7 Å². The number of rotatable bonds is 0. The minimum atomic E-state index is -1.61. The van der Waals surface area contributed by atoms with Gasteiger partial charge in [0.05, 0.1) is 21.9 Å². The van der Waals surface area contributed by atoms with Crippen LogP contribution in [0.1, 0.15) is 12.8 Å². The number of carbonyl (C=O) groups excluding carboxylic acids is 2. The van der Waals surface area contributed by atoms with Crippen LogP contribution < -0.4 is 5.32 Å². The summed E-state index contributed by atoms with van der Waals surface area (Å²) in [6, 6.07) is 0. The van der Waals surface area contributed by atoms with E-state index in [9.17, 15) is 9.59 Å². The van der Waals surface area contributed by atoms with Crippen molar-refractivity contribution < 1.29 is 9.59 Å². The number of nitrogens with one attached hydrogen (secondary N) is 1. The zero-order chi connectivity index (χ0) is 16.2. The lowest BCUT2D eigenvalue weighted by Gasteiger charge is -2.42. The number of imide groups is 1. The quantitative estimate of drug-likeness (QED) is 0.476. The lowest BCUT2D eigenvalue weighted by Crippen LogP contribution is -2.44. The van der Waals surface area contributed by atoms with Crippen LogP contribution in [0.4, 0.5) is 0 Å². The standard InChI is InChI=1S/C13H9Cl6NO2/c14-7-8(15)12(17)6-2-4-3(9(21)20-10(4)22)1-5(6)11(7,16)13(12,18)19/h3-6H,1-2H2,(H,20,21,22). The molecule has 1 aliphatic heterocycles. The summed E-state index contributed by atoms with van der Waals surface area (Å²) in [5.74, 6) is -2.13. The fourth-order valence-electron chi connectivity index (χ4n) is 4.62. The zero-order valence-electron chi connectivity index (χ0n) is 10.8. The smallest absolute Gasteiger partial charge is 0.230 e. The number of fused-ring (bicyclic) bond motifs is 6. The van der Waals surface area contributed by atoms with E-state index < -0.39 is 25.9 Å². The molecule has 120 valence electrons. The predicted molar refractivity (Wildman–Crippen MR) is 86.7 cm³/mol. The number of hydrogen-bond acceptors (Lipinski definition) is 2. The lowest BCUT2D eigenvalue weighted by atomic mass is 9.65. The molecule has 2 bridgehead atoms. The van der Waals surface area contributed by atoms with E-state index in [0.717, 1.165) is 0 Å². The van der Waals surface area contributed by atoms with Crippen molar-refractivity contribution >= 4 is 81.4 Å². The van der Waals surface area contributed by atoms with Gasteiger partial charge in [-0.05, 0) is 24.7 Å². The summed E-state index contributed by atoms with van der Waals surface area (Å²) in [7, 11) is 0. The van der Waals surface area contributed by atoms with Gasteiger partial charge in [0.2, 0.25) is 11.8 Å². The first-order valence-electron chi connectivity index (χ1n) is 6.75. The van der Waals surface area contributed by atoms with Gasteiger partial charge in [-0.25, -0.2) is 0 Å². The molecule has 3 aliphatic carbocycles. The minimum Gasteiger partial charge on any atom is -0.296 e. The molecular weight excluding hydrogens is 415 g/mol. The van der Waals surface area contributed by atoms with Gasteiger partial charge < -0.3 is 0 Å². The normalized spacial score (nSPS) is 51.9.